The summed E-state index contributed by atoms with van der Waals surface area (Å²) in [4.78, 5) is 96.5. The number of amides is 6. The topological polar surface area (TPSA) is 202 Å². The fourth-order valence-corrected chi connectivity index (χ4v) is 7.27. The summed E-state index contributed by atoms with van der Waals surface area (Å²) >= 11 is 0. The van der Waals surface area contributed by atoms with Crippen molar-refractivity contribution < 1.29 is 47.8 Å². The molecule has 1 aromatic carbocycles. The van der Waals surface area contributed by atoms with Crippen molar-refractivity contribution in [2.45, 2.75) is 115 Å². The lowest BCUT2D eigenvalue weighted by Gasteiger charge is -2.34. The van der Waals surface area contributed by atoms with Gasteiger partial charge in [0, 0.05) is 20.5 Å². The van der Waals surface area contributed by atoms with E-state index < -0.39 is 72.0 Å². The van der Waals surface area contributed by atoms with Crippen LogP contribution in [0.3, 0.4) is 0 Å². The molecule has 4 rings (SSSR count). The Morgan fingerprint density at radius 1 is 0.982 bits per heavy atom. The van der Waals surface area contributed by atoms with Crippen LogP contribution in [-0.4, -0.2) is 122 Å². The minimum atomic E-state index is -1.27. The van der Waals surface area contributed by atoms with Gasteiger partial charge in [0.05, 0.1) is 38.4 Å². The number of hydrogen-bond acceptors (Lipinski definition) is 10. The molecule has 16 heteroatoms. The Morgan fingerprint density at radius 2 is 1.67 bits per heavy atom. The van der Waals surface area contributed by atoms with E-state index in [9.17, 15) is 33.6 Å². The number of ether oxygens (including phenoxy) is 3. The highest BCUT2D eigenvalue weighted by Crippen LogP contribution is 2.38. The Bertz CT molecular complexity index is 1530. The van der Waals surface area contributed by atoms with Crippen LogP contribution < -0.4 is 21.3 Å². The van der Waals surface area contributed by atoms with Gasteiger partial charge in [-0.1, -0.05) is 76.8 Å². The van der Waals surface area contributed by atoms with Crippen LogP contribution in [0.25, 0.3) is 0 Å². The van der Waals surface area contributed by atoms with Crippen LogP contribution in [0.2, 0.25) is 0 Å². The lowest BCUT2D eigenvalue weighted by atomic mass is 9.83. The molecule has 1 spiro atoms. The van der Waals surface area contributed by atoms with Crippen molar-refractivity contribution in [3.63, 3.8) is 0 Å². The van der Waals surface area contributed by atoms with Crippen LogP contribution >= 0.6 is 0 Å². The predicted octanol–water partition coefficient (Wildman–Crippen LogP) is 1.97. The number of rotatable bonds is 16. The van der Waals surface area contributed by atoms with E-state index in [1.54, 1.807) is 51.4 Å². The largest absolute Gasteiger partial charge is 0.449 e. The fraction of sp³-hybridized carbons (Fsp3) is 0.667. The Labute approximate surface area is 323 Å². The number of Topliss-reactive ketones (excluding diaryl/α,β-unsaturated/α-hetero) is 1. The van der Waals surface area contributed by atoms with Crippen LogP contribution in [0.4, 0.5) is 4.79 Å². The van der Waals surface area contributed by atoms with Crippen molar-refractivity contribution in [2.24, 2.45) is 11.8 Å². The van der Waals surface area contributed by atoms with Crippen LogP contribution in [0.1, 0.15) is 90.7 Å². The maximum Gasteiger partial charge on any atom is 0.407 e. The number of nitrogens with zero attached hydrogens (tertiary/aromatic N) is 2. The zero-order valence-electron chi connectivity index (χ0n) is 32.9. The highest BCUT2D eigenvalue weighted by molar-refractivity contribution is 6.38. The van der Waals surface area contributed by atoms with Gasteiger partial charge in [-0.25, -0.2) is 4.79 Å². The quantitative estimate of drug-likeness (QED) is 0.180. The van der Waals surface area contributed by atoms with Crippen molar-refractivity contribution in [2.75, 3.05) is 40.4 Å². The predicted molar refractivity (Wildman–Crippen MR) is 200 cm³/mol. The van der Waals surface area contributed by atoms with Gasteiger partial charge in [-0.2, -0.15) is 0 Å². The van der Waals surface area contributed by atoms with E-state index in [2.05, 4.69) is 21.3 Å². The maximum absolute atomic E-state index is 14.5. The summed E-state index contributed by atoms with van der Waals surface area (Å²) in [7, 11) is 3.11. The summed E-state index contributed by atoms with van der Waals surface area (Å²) in [5.74, 6) is -5.71. The number of benzene rings is 1. The first-order valence-electron chi connectivity index (χ1n) is 19.4. The zero-order chi connectivity index (χ0) is 40.3. The number of alkyl carbamates (subject to hydrolysis) is 1. The average Bonchev–Trinajstić information content (AvgIpc) is 3.74. The van der Waals surface area contributed by atoms with Gasteiger partial charge >= 0.3 is 6.09 Å². The van der Waals surface area contributed by atoms with E-state index >= 15 is 0 Å². The van der Waals surface area contributed by atoms with Gasteiger partial charge in [0.2, 0.25) is 29.4 Å². The second-order valence-corrected chi connectivity index (χ2v) is 15.4. The maximum atomic E-state index is 14.5. The number of nitrogens with one attached hydrogen (secondary N) is 4. The number of likely N-dealkylation sites (N-methyl/N-ethyl adjacent to an activating group) is 1. The first kappa shape index (κ1) is 43.2. The molecule has 3 fully saturated rings. The Hall–Kier alpha value is -4.57. The smallest absolute Gasteiger partial charge is 0.407 e. The van der Waals surface area contributed by atoms with E-state index in [0.717, 1.165) is 19.3 Å². The molecule has 2 heterocycles. The van der Waals surface area contributed by atoms with Gasteiger partial charge in [0.1, 0.15) is 18.1 Å². The molecule has 0 aromatic heterocycles. The van der Waals surface area contributed by atoms with Crippen LogP contribution in [0, 0.1) is 11.8 Å². The first-order chi connectivity index (χ1) is 26.1. The minimum Gasteiger partial charge on any atom is -0.449 e. The SMILES string of the molecule is CCCC(NC(=O)[C@@H]1CC2(CN1C(=O)C(NC(=O)OCC(C)C)C1CCCCC1)OC[C@@H](C)O2)C(=O)C(=O)NCC(=O)NC(C(=O)N(C)C)c1ccccc1. The molecule has 1 saturated carbocycles. The van der Waals surface area contributed by atoms with Gasteiger partial charge < -0.3 is 45.3 Å². The third kappa shape index (κ3) is 11.7. The van der Waals surface area contributed by atoms with Crippen LogP contribution in [-0.2, 0) is 43.0 Å². The molecule has 1 aliphatic carbocycles. The van der Waals surface area contributed by atoms with Crippen molar-refractivity contribution in [1.29, 1.82) is 0 Å². The standard InChI is InChI=1S/C39H58N6O10/c1-7-14-28(33(47)35(49)40-20-30(46)42-31(36(50)44(5)6)26-15-10-8-11-16-26)41-34(48)29-19-39(54-22-25(4)55-39)23-45(29)37(51)32(27-17-12-9-13-18-27)43-38(52)53-21-24(2)3/h8,10-11,15-16,24-25,27-29,31-32H,7,9,12-14,17-23H2,1-6H3,(H,40,49)(H,41,48)(H,42,46)(H,43,52)/t25-,28?,29+,31?,32?,39?/m1/s1. The molecule has 6 atom stereocenters. The third-order valence-electron chi connectivity index (χ3n) is 10.1. The minimum absolute atomic E-state index is 0.0300. The number of likely N-dealkylation sites (tertiary alicyclic amines) is 1. The summed E-state index contributed by atoms with van der Waals surface area (Å²) in [6.45, 7) is 7.15. The normalized spacial score (nSPS) is 22.7. The van der Waals surface area contributed by atoms with Crippen LogP contribution in [0.15, 0.2) is 30.3 Å². The first-order valence-corrected chi connectivity index (χ1v) is 19.4. The van der Waals surface area contributed by atoms with Crippen molar-refractivity contribution in [1.82, 2.24) is 31.1 Å². The molecule has 4 N–H and O–H groups in total. The molecular weight excluding hydrogens is 712 g/mol. The molecule has 2 saturated heterocycles. The van der Waals surface area contributed by atoms with E-state index in [4.69, 9.17) is 14.2 Å². The number of ketones is 1. The Morgan fingerprint density at radius 3 is 2.27 bits per heavy atom. The highest BCUT2D eigenvalue weighted by atomic mass is 16.7. The number of carbonyl (C=O) groups excluding carboxylic acids is 7. The monoisotopic (exact) mass is 770 g/mol. The molecule has 2 aliphatic heterocycles. The van der Waals surface area contributed by atoms with Crippen molar-refractivity contribution in [3.8, 4) is 0 Å². The third-order valence-corrected chi connectivity index (χ3v) is 10.1. The molecule has 3 aliphatic rings. The molecule has 1 aromatic rings. The molecule has 304 valence electrons. The van der Waals surface area contributed by atoms with Gasteiger partial charge in [-0.3, -0.25) is 28.8 Å². The van der Waals surface area contributed by atoms with Gasteiger partial charge in [0.25, 0.3) is 5.91 Å². The van der Waals surface area contributed by atoms with Crippen molar-refractivity contribution in [3.05, 3.63) is 35.9 Å². The molecular formula is C39H58N6O10. The Kier molecular flexibility index (Phi) is 15.6. The van der Waals surface area contributed by atoms with E-state index in [0.29, 0.717) is 24.8 Å². The summed E-state index contributed by atoms with van der Waals surface area (Å²) in [6.07, 6.45) is 3.69. The van der Waals surface area contributed by atoms with Gasteiger partial charge in [0.15, 0.2) is 5.79 Å². The molecule has 55 heavy (non-hydrogen) atoms. The molecule has 0 bridgehead atoms. The van der Waals surface area contributed by atoms with Crippen molar-refractivity contribution >= 4 is 41.4 Å². The second-order valence-electron chi connectivity index (χ2n) is 15.4. The lowest BCUT2D eigenvalue weighted by molar-refractivity contribution is -0.160. The lowest BCUT2D eigenvalue weighted by Crippen LogP contribution is -2.58. The molecule has 0 radical (unpaired) electrons. The summed E-state index contributed by atoms with van der Waals surface area (Å²) in [5.41, 5.74) is 0.540. The van der Waals surface area contributed by atoms with Gasteiger partial charge in [-0.15, -0.1) is 0 Å². The average molecular weight is 771 g/mol. The Balaban J connectivity index is 1.47. The molecule has 4 unspecified atom stereocenters. The molecule has 16 nitrogen and oxygen atoms in total. The highest BCUT2D eigenvalue weighted by Gasteiger charge is 2.55. The summed E-state index contributed by atoms with van der Waals surface area (Å²) < 4.78 is 17.5. The fourth-order valence-electron chi connectivity index (χ4n) is 7.27. The zero-order valence-corrected chi connectivity index (χ0v) is 32.9. The van der Waals surface area contributed by atoms with Gasteiger partial charge in [-0.05, 0) is 43.6 Å². The second kappa shape index (κ2) is 19.8. The summed E-state index contributed by atoms with van der Waals surface area (Å²) in [6, 6.07) is 4.20. The van der Waals surface area contributed by atoms with E-state index in [1.807, 2.05) is 20.8 Å². The number of carbonyl (C=O) groups is 7. The van der Waals surface area contributed by atoms with E-state index in [1.165, 1.54) is 9.80 Å². The van der Waals surface area contributed by atoms with E-state index in [-0.39, 0.29) is 56.4 Å². The number of hydrogen-bond donors (Lipinski definition) is 4. The van der Waals surface area contributed by atoms with Crippen LogP contribution in [0.5, 0.6) is 0 Å². The molecule has 6 amide bonds. The summed E-state index contributed by atoms with van der Waals surface area (Å²) in [5, 5.41) is 10.4.